The second kappa shape index (κ2) is 11.4. The van der Waals surface area contributed by atoms with Gasteiger partial charge in [-0.2, -0.15) is 9.78 Å². The van der Waals surface area contributed by atoms with E-state index in [-0.39, 0.29) is 29.6 Å². The van der Waals surface area contributed by atoms with Gasteiger partial charge in [-0.05, 0) is 42.3 Å². The zero-order chi connectivity index (χ0) is 25.5. The molecule has 0 fully saturated rings. The topological polar surface area (TPSA) is 98.4 Å². The van der Waals surface area contributed by atoms with Crippen LogP contribution in [0.4, 0.5) is 4.39 Å². The van der Waals surface area contributed by atoms with Crippen molar-refractivity contribution in [3.8, 4) is 11.6 Å². The predicted octanol–water partition coefficient (Wildman–Crippen LogP) is 4.14. The molecule has 36 heavy (non-hydrogen) atoms. The molecule has 4 rings (SSSR count). The van der Waals surface area contributed by atoms with E-state index in [2.05, 4.69) is 15.7 Å². The zero-order valence-electron chi connectivity index (χ0n) is 20.0. The largest absolute Gasteiger partial charge is 0.481 e. The summed E-state index contributed by atoms with van der Waals surface area (Å²) in [5.41, 5.74) is 1.93. The maximum atomic E-state index is 14.3. The normalized spacial score (nSPS) is 11.6. The van der Waals surface area contributed by atoms with Crippen molar-refractivity contribution in [1.29, 1.82) is 0 Å². The lowest BCUT2D eigenvalue weighted by Crippen LogP contribution is -2.35. The summed E-state index contributed by atoms with van der Waals surface area (Å²) in [6.45, 7) is 2.32. The fourth-order valence-corrected chi connectivity index (χ4v) is 3.90. The Morgan fingerprint density at radius 3 is 2.61 bits per heavy atom. The number of hydrogen-bond acceptors (Lipinski definition) is 5. The maximum Gasteiger partial charge on any atom is 0.272 e. The minimum Gasteiger partial charge on any atom is -0.481 e. The van der Waals surface area contributed by atoms with Crippen molar-refractivity contribution in [2.45, 2.75) is 25.8 Å². The first-order valence-corrected chi connectivity index (χ1v) is 11.5. The lowest BCUT2D eigenvalue weighted by Gasteiger charge is -2.20. The molecule has 186 valence electrons. The van der Waals surface area contributed by atoms with Gasteiger partial charge >= 0.3 is 0 Å². The van der Waals surface area contributed by atoms with Gasteiger partial charge in [-0.25, -0.2) is 4.39 Å². The molecule has 0 unspecified atom stereocenters. The minimum absolute atomic E-state index is 0.0277. The number of aromatic nitrogens is 2. The van der Waals surface area contributed by atoms with E-state index in [1.165, 1.54) is 30.0 Å². The minimum atomic E-state index is -0.605. The van der Waals surface area contributed by atoms with E-state index in [9.17, 15) is 14.0 Å². The Kier molecular flexibility index (Phi) is 7.79. The molecule has 0 aliphatic carbocycles. The standard InChI is InChI=1S/C27H27FN4O4/c1-18-8-3-4-10-20(18)22(16-25(33)29-14-13-19-9-7-15-36-19)30-27(34)23-17-26(35-2)32(31-23)24-12-6-5-11-21(24)28/h3-12,15,17,22H,13-14,16H2,1-2H3,(H,29,33)(H,30,34)/t22-/m0/s1. The number of carbonyl (C=O) groups excluding carboxylic acids is 2. The van der Waals surface area contributed by atoms with Crippen molar-refractivity contribution in [2.24, 2.45) is 0 Å². The van der Waals surface area contributed by atoms with Crippen LogP contribution in [-0.2, 0) is 11.2 Å². The Morgan fingerprint density at radius 2 is 1.89 bits per heavy atom. The molecule has 0 saturated heterocycles. The summed E-state index contributed by atoms with van der Waals surface area (Å²) in [5.74, 6) is -0.258. The van der Waals surface area contributed by atoms with Crippen molar-refractivity contribution in [2.75, 3.05) is 13.7 Å². The number of ether oxygens (including phenoxy) is 1. The van der Waals surface area contributed by atoms with E-state index in [4.69, 9.17) is 9.15 Å². The molecule has 1 atom stereocenters. The Bertz CT molecular complexity index is 1330. The first kappa shape index (κ1) is 24.7. The second-order valence-corrected chi connectivity index (χ2v) is 8.20. The second-order valence-electron chi connectivity index (χ2n) is 8.20. The van der Waals surface area contributed by atoms with Crippen LogP contribution in [0.3, 0.4) is 0 Å². The number of hydrogen-bond donors (Lipinski definition) is 2. The molecular formula is C27H27FN4O4. The number of benzene rings is 2. The van der Waals surface area contributed by atoms with Gasteiger partial charge in [0.1, 0.15) is 17.3 Å². The van der Waals surface area contributed by atoms with Gasteiger partial charge in [0.2, 0.25) is 11.8 Å². The fourth-order valence-electron chi connectivity index (χ4n) is 3.90. The molecule has 2 N–H and O–H groups in total. The van der Waals surface area contributed by atoms with E-state index in [0.717, 1.165) is 16.9 Å². The molecular weight excluding hydrogens is 463 g/mol. The number of nitrogens with one attached hydrogen (secondary N) is 2. The Hall–Kier alpha value is -4.40. The fraction of sp³-hybridized carbons (Fsp3) is 0.222. The van der Waals surface area contributed by atoms with Crippen LogP contribution < -0.4 is 15.4 Å². The van der Waals surface area contributed by atoms with Crippen LogP contribution in [0, 0.1) is 12.7 Å². The van der Waals surface area contributed by atoms with Crippen LogP contribution in [0.5, 0.6) is 5.88 Å². The molecule has 4 aromatic rings. The lowest BCUT2D eigenvalue weighted by molar-refractivity contribution is -0.121. The summed E-state index contributed by atoms with van der Waals surface area (Å²) < 4.78 is 26.2. The van der Waals surface area contributed by atoms with Crippen LogP contribution in [-0.4, -0.2) is 35.2 Å². The molecule has 2 aromatic carbocycles. The highest BCUT2D eigenvalue weighted by Crippen LogP contribution is 2.24. The monoisotopic (exact) mass is 490 g/mol. The summed E-state index contributed by atoms with van der Waals surface area (Å²) in [5, 5.41) is 10.1. The molecule has 0 spiro atoms. The van der Waals surface area contributed by atoms with Crippen LogP contribution >= 0.6 is 0 Å². The number of para-hydroxylation sites is 1. The molecule has 0 aliphatic heterocycles. The number of rotatable bonds is 10. The summed E-state index contributed by atoms with van der Waals surface area (Å²) in [6.07, 6.45) is 2.18. The average Bonchev–Trinajstić information content (AvgIpc) is 3.54. The Balaban J connectivity index is 1.52. The number of furan rings is 1. The number of amides is 2. The zero-order valence-corrected chi connectivity index (χ0v) is 20.0. The van der Waals surface area contributed by atoms with E-state index in [0.29, 0.717) is 13.0 Å². The molecule has 0 saturated carbocycles. The highest BCUT2D eigenvalue weighted by Gasteiger charge is 2.24. The van der Waals surface area contributed by atoms with E-state index < -0.39 is 17.8 Å². The first-order valence-electron chi connectivity index (χ1n) is 11.5. The first-order chi connectivity index (χ1) is 17.5. The summed E-state index contributed by atoms with van der Waals surface area (Å²) in [6, 6.07) is 18.1. The molecule has 0 aliphatic rings. The maximum absolute atomic E-state index is 14.3. The number of halogens is 1. The van der Waals surface area contributed by atoms with Crippen molar-refractivity contribution in [3.63, 3.8) is 0 Å². The molecule has 2 aromatic heterocycles. The van der Waals surface area contributed by atoms with Gasteiger partial charge < -0.3 is 19.8 Å². The molecule has 2 amide bonds. The molecule has 2 heterocycles. The van der Waals surface area contributed by atoms with Gasteiger partial charge in [0.25, 0.3) is 5.91 Å². The van der Waals surface area contributed by atoms with Gasteiger partial charge in [-0.3, -0.25) is 9.59 Å². The average molecular weight is 491 g/mol. The van der Waals surface area contributed by atoms with E-state index >= 15 is 0 Å². The molecule has 0 radical (unpaired) electrons. The highest BCUT2D eigenvalue weighted by atomic mass is 19.1. The number of aryl methyl sites for hydroxylation is 1. The van der Waals surface area contributed by atoms with Crippen LogP contribution in [0.1, 0.15) is 39.8 Å². The van der Waals surface area contributed by atoms with Crippen molar-refractivity contribution < 1.29 is 23.1 Å². The van der Waals surface area contributed by atoms with Crippen molar-refractivity contribution >= 4 is 11.8 Å². The van der Waals surface area contributed by atoms with Crippen molar-refractivity contribution in [1.82, 2.24) is 20.4 Å². The van der Waals surface area contributed by atoms with Gasteiger partial charge in [-0.15, -0.1) is 0 Å². The Labute approximate surface area is 208 Å². The third kappa shape index (κ3) is 5.80. The number of nitrogens with zero attached hydrogens (tertiary/aromatic N) is 2. The third-order valence-corrected chi connectivity index (χ3v) is 5.73. The summed E-state index contributed by atoms with van der Waals surface area (Å²) in [4.78, 5) is 25.9. The molecule has 8 nitrogen and oxygen atoms in total. The van der Waals surface area contributed by atoms with Crippen LogP contribution in [0.2, 0.25) is 0 Å². The quantitative estimate of drug-likeness (QED) is 0.348. The highest BCUT2D eigenvalue weighted by molar-refractivity contribution is 5.93. The number of methoxy groups -OCH3 is 1. The van der Waals surface area contributed by atoms with Gasteiger partial charge in [-0.1, -0.05) is 36.4 Å². The van der Waals surface area contributed by atoms with E-state index in [1.54, 1.807) is 24.5 Å². The van der Waals surface area contributed by atoms with E-state index in [1.807, 2.05) is 37.3 Å². The third-order valence-electron chi connectivity index (χ3n) is 5.73. The van der Waals surface area contributed by atoms with Gasteiger partial charge in [0.05, 0.1) is 25.8 Å². The molecule has 9 heteroatoms. The Morgan fingerprint density at radius 1 is 1.11 bits per heavy atom. The summed E-state index contributed by atoms with van der Waals surface area (Å²) >= 11 is 0. The predicted molar refractivity (Wildman–Crippen MR) is 131 cm³/mol. The molecule has 0 bridgehead atoms. The van der Waals surface area contributed by atoms with Crippen LogP contribution in [0.15, 0.2) is 77.4 Å². The van der Waals surface area contributed by atoms with Gasteiger partial charge in [0, 0.05) is 19.0 Å². The number of carbonyl (C=O) groups is 2. The SMILES string of the molecule is COc1cc(C(=O)N[C@@H](CC(=O)NCCc2ccco2)c2ccccc2C)nn1-c1ccccc1F. The van der Waals surface area contributed by atoms with Crippen molar-refractivity contribution in [3.05, 3.63) is 101 Å². The summed E-state index contributed by atoms with van der Waals surface area (Å²) in [7, 11) is 1.42. The smallest absolute Gasteiger partial charge is 0.272 e. The lowest BCUT2D eigenvalue weighted by atomic mass is 9.98. The van der Waals surface area contributed by atoms with Crippen LogP contribution in [0.25, 0.3) is 5.69 Å². The van der Waals surface area contributed by atoms with Gasteiger partial charge in [0.15, 0.2) is 5.69 Å².